The molecule has 2 aromatic heterocycles. The molecule has 125 valence electrons. The van der Waals surface area contributed by atoms with E-state index in [4.69, 9.17) is 10.2 Å². The Morgan fingerprint density at radius 2 is 1.87 bits per heavy atom. The van der Waals surface area contributed by atoms with E-state index in [0.29, 0.717) is 6.42 Å². The second-order valence-electron chi connectivity index (χ2n) is 5.20. The molecular formula is C18H20IrNO2S-. The molecule has 0 aliphatic carbocycles. The van der Waals surface area contributed by atoms with Crippen LogP contribution in [0.3, 0.4) is 0 Å². The largest absolute Gasteiger partial charge is 0.393 e. The van der Waals surface area contributed by atoms with Crippen LogP contribution >= 0.6 is 11.3 Å². The van der Waals surface area contributed by atoms with Gasteiger partial charge >= 0.3 is 0 Å². The van der Waals surface area contributed by atoms with E-state index in [0.717, 1.165) is 11.3 Å². The van der Waals surface area contributed by atoms with Gasteiger partial charge in [0.25, 0.3) is 0 Å². The number of benzene rings is 1. The second kappa shape index (κ2) is 9.91. The van der Waals surface area contributed by atoms with Crippen molar-refractivity contribution in [3.8, 4) is 11.3 Å². The number of aliphatic hydroxyl groups is 2. The maximum atomic E-state index is 8.56. The maximum Gasteiger partial charge on any atom is 0.0536 e. The number of fused-ring (bicyclic) bond motifs is 1. The zero-order valence-electron chi connectivity index (χ0n) is 13.1. The van der Waals surface area contributed by atoms with Crippen molar-refractivity contribution in [2.45, 2.75) is 32.5 Å². The van der Waals surface area contributed by atoms with Gasteiger partial charge in [-0.15, -0.1) is 47.2 Å². The summed E-state index contributed by atoms with van der Waals surface area (Å²) in [6.07, 6.45) is 1.58. The van der Waals surface area contributed by atoms with Crippen LogP contribution in [0.15, 0.2) is 48.0 Å². The van der Waals surface area contributed by atoms with Gasteiger partial charge in [0.1, 0.15) is 0 Å². The van der Waals surface area contributed by atoms with E-state index in [-0.39, 0.29) is 32.3 Å². The molecule has 2 N–H and O–H groups in total. The van der Waals surface area contributed by atoms with E-state index in [2.05, 4.69) is 22.5 Å². The average molecular weight is 507 g/mol. The molecule has 0 aliphatic rings. The summed E-state index contributed by atoms with van der Waals surface area (Å²) in [6, 6.07) is 15.3. The smallest absolute Gasteiger partial charge is 0.0536 e. The van der Waals surface area contributed by atoms with Crippen molar-refractivity contribution < 1.29 is 30.3 Å². The molecule has 3 aromatic rings. The Kier molecular flexibility index (Phi) is 8.59. The van der Waals surface area contributed by atoms with Crippen molar-refractivity contribution in [1.29, 1.82) is 0 Å². The van der Waals surface area contributed by atoms with Crippen molar-refractivity contribution in [2.24, 2.45) is 0 Å². The average Bonchev–Trinajstić information content (AvgIpc) is 2.95. The van der Waals surface area contributed by atoms with Crippen LogP contribution in [-0.4, -0.2) is 27.4 Å². The Morgan fingerprint density at radius 3 is 2.43 bits per heavy atom. The van der Waals surface area contributed by atoms with Gasteiger partial charge in [0.15, 0.2) is 0 Å². The van der Waals surface area contributed by atoms with Gasteiger partial charge in [0, 0.05) is 31.0 Å². The normalized spacial score (nSPS) is 12.7. The number of hydrogen-bond acceptors (Lipinski definition) is 4. The second-order valence-corrected chi connectivity index (χ2v) is 6.15. The van der Waals surface area contributed by atoms with Crippen molar-refractivity contribution in [2.75, 3.05) is 0 Å². The molecule has 23 heavy (non-hydrogen) atoms. The fourth-order valence-electron chi connectivity index (χ4n) is 2.14. The third-order valence-corrected chi connectivity index (χ3v) is 3.91. The molecule has 1 aromatic carbocycles. The number of rotatable bonds is 3. The van der Waals surface area contributed by atoms with Gasteiger partial charge in [-0.25, -0.2) is 0 Å². The number of aromatic nitrogens is 1. The van der Waals surface area contributed by atoms with Crippen LogP contribution in [0.5, 0.6) is 0 Å². The molecule has 2 unspecified atom stereocenters. The number of aliphatic hydroxyl groups excluding tert-OH is 2. The van der Waals surface area contributed by atoms with E-state index in [1.807, 2.05) is 36.5 Å². The van der Waals surface area contributed by atoms with Crippen LogP contribution in [0.4, 0.5) is 0 Å². The Labute approximate surface area is 154 Å². The summed E-state index contributed by atoms with van der Waals surface area (Å²) in [7, 11) is 0. The number of pyridine rings is 1. The molecule has 0 bridgehead atoms. The van der Waals surface area contributed by atoms with Gasteiger partial charge < -0.3 is 15.2 Å². The third kappa shape index (κ3) is 6.13. The molecular weight excluding hydrogens is 486 g/mol. The monoisotopic (exact) mass is 507 g/mol. The predicted molar refractivity (Wildman–Crippen MR) is 91.9 cm³/mol. The van der Waals surface area contributed by atoms with Crippen LogP contribution in [0.1, 0.15) is 20.3 Å². The molecule has 0 fully saturated rings. The van der Waals surface area contributed by atoms with Crippen LogP contribution in [0, 0.1) is 6.07 Å². The predicted octanol–water partition coefficient (Wildman–Crippen LogP) is 3.90. The molecule has 0 saturated carbocycles. The fraction of sp³-hybridized carbons (Fsp3) is 0.278. The van der Waals surface area contributed by atoms with E-state index < -0.39 is 0 Å². The van der Waals surface area contributed by atoms with E-state index in [1.54, 1.807) is 25.2 Å². The zero-order valence-corrected chi connectivity index (χ0v) is 16.3. The first kappa shape index (κ1) is 19.9. The first-order valence-corrected chi connectivity index (χ1v) is 8.11. The molecule has 1 radical (unpaired) electrons. The molecule has 5 heteroatoms. The van der Waals surface area contributed by atoms with E-state index in [1.165, 1.54) is 10.1 Å². The van der Waals surface area contributed by atoms with Crippen LogP contribution < -0.4 is 0 Å². The first-order valence-electron chi connectivity index (χ1n) is 7.23. The Bertz CT molecular complexity index is 692. The number of hydrogen-bond donors (Lipinski definition) is 2. The molecule has 2 atom stereocenters. The van der Waals surface area contributed by atoms with Crippen LogP contribution in [0.2, 0.25) is 0 Å². The topological polar surface area (TPSA) is 53.4 Å². The van der Waals surface area contributed by atoms with Crippen LogP contribution in [-0.2, 0) is 20.1 Å². The van der Waals surface area contributed by atoms with Crippen LogP contribution in [0.25, 0.3) is 21.3 Å². The summed E-state index contributed by atoms with van der Waals surface area (Å²) in [4.78, 5) is 4.42. The first-order chi connectivity index (χ1) is 10.6. The number of thiophene rings is 1. The SMILES string of the molecule is CC(O)CC(C)O.[Ir].[c-]1ccccc1-c1nccc2sccc12. The van der Waals surface area contributed by atoms with Gasteiger partial charge in [0.2, 0.25) is 0 Å². The van der Waals surface area contributed by atoms with Crippen molar-refractivity contribution >= 4 is 21.4 Å². The van der Waals surface area contributed by atoms with Gasteiger partial charge in [-0.05, 0) is 42.8 Å². The van der Waals surface area contributed by atoms with E-state index in [9.17, 15) is 0 Å². The van der Waals surface area contributed by atoms with Crippen molar-refractivity contribution in [3.63, 3.8) is 0 Å². The van der Waals surface area contributed by atoms with E-state index >= 15 is 0 Å². The molecule has 0 saturated heterocycles. The van der Waals surface area contributed by atoms with Gasteiger partial charge in [-0.1, -0.05) is 6.07 Å². The summed E-state index contributed by atoms with van der Waals surface area (Å²) in [5.74, 6) is 0. The minimum atomic E-state index is -0.375. The zero-order chi connectivity index (χ0) is 15.9. The Hall–Kier alpha value is -1.10. The third-order valence-electron chi connectivity index (χ3n) is 3.03. The summed E-state index contributed by atoms with van der Waals surface area (Å²) in [6.45, 7) is 3.32. The molecule has 0 aliphatic heterocycles. The molecule has 3 rings (SSSR count). The standard InChI is InChI=1S/C13H8NS.C5H12O2.Ir/c1-2-4-10(5-3-1)13-11-7-9-15-12(11)6-8-14-13;1-4(6)3-5(2)7;/h1-4,6-9H;4-7H,3H2,1-2H3;/q-1;;. The molecule has 2 heterocycles. The molecule has 0 spiro atoms. The summed E-state index contributed by atoms with van der Waals surface area (Å²) >= 11 is 1.74. The molecule has 3 nitrogen and oxygen atoms in total. The van der Waals surface area contributed by atoms with Crippen molar-refractivity contribution in [1.82, 2.24) is 4.98 Å². The van der Waals surface area contributed by atoms with Gasteiger partial charge in [-0.2, -0.15) is 0 Å². The summed E-state index contributed by atoms with van der Waals surface area (Å²) in [5, 5.41) is 20.4. The number of nitrogens with zero attached hydrogens (tertiary/aromatic N) is 1. The minimum absolute atomic E-state index is 0. The fourth-order valence-corrected chi connectivity index (χ4v) is 2.93. The Morgan fingerprint density at radius 1 is 1.13 bits per heavy atom. The minimum Gasteiger partial charge on any atom is -0.393 e. The van der Waals surface area contributed by atoms with Gasteiger partial charge in [-0.3, -0.25) is 0 Å². The summed E-state index contributed by atoms with van der Waals surface area (Å²) in [5.41, 5.74) is 2.08. The Balaban J connectivity index is 0.000000287. The van der Waals surface area contributed by atoms with Gasteiger partial charge in [0.05, 0.1) is 12.2 Å². The maximum absolute atomic E-state index is 8.56. The summed E-state index contributed by atoms with van der Waals surface area (Å²) < 4.78 is 1.28. The quantitative estimate of drug-likeness (QED) is 0.530. The van der Waals surface area contributed by atoms with Crippen molar-refractivity contribution in [3.05, 3.63) is 54.0 Å². The molecule has 0 amide bonds.